The van der Waals surface area contributed by atoms with Gasteiger partial charge in [-0.2, -0.15) is 0 Å². The Balaban J connectivity index is 0. The third kappa shape index (κ3) is 14.2. The molecule has 0 bridgehead atoms. The molecule has 198 valence electrons. The highest BCUT2D eigenvalue weighted by Gasteiger charge is 2.22. The standard InChI is InChI=1S/C15H16O2.2C4H6O2.C3H6O4/c1-15(2,11-3-7-13(16)8-4-11)12-5-9-14(17)10-6-12;2*1-3(2)4(5)6;4-1-2(5)3(6)7/h3-10,16-17H,1-2H3;2*1H2,2H3,(H,5,6);2,4-5H,1H2,(H,6,7). The number of phenolic OH excluding ortho intramolecular Hbond substituents is 2. The summed E-state index contributed by atoms with van der Waals surface area (Å²) in [6, 6.07) is 14.4. The zero-order chi connectivity index (χ0) is 28.6. The number of phenols is 2. The van der Waals surface area contributed by atoms with Crippen molar-refractivity contribution in [2.45, 2.75) is 39.2 Å². The molecule has 2 aromatic carbocycles. The number of hydrogen-bond acceptors (Lipinski definition) is 7. The Hall–Kier alpha value is -4.15. The van der Waals surface area contributed by atoms with Crippen molar-refractivity contribution in [2.75, 3.05) is 6.61 Å². The molecule has 0 aliphatic carbocycles. The van der Waals surface area contributed by atoms with Crippen LogP contribution >= 0.6 is 0 Å². The van der Waals surface area contributed by atoms with Crippen molar-refractivity contribution >= 4 is 17.9 Å². The maximum Gasteiger partial charge on any atom is 0.334 e. The summed E-state index contributed by atoms with van der Waals surface area (Å²) in [7, 11) is 0. The average molecular weight is 507 g/mol. The molecule has 36 heavy (non-hydrogen) atoms. The number of aliphatic hydroxyl groups excluding tert-OH is 2. The van der Waals surface area contributed by atoms with Gasteiger partial charge in [-0.05, 0) is 49.2 Å². The average Bonchev–Trinajstić information content (AvgIpc) is 2.80. The molecule has 1 atom stereocenters. The number of aromatic hydroxyl groups is 2. The van der Waals surface area contributed by atoms with Crippen LogP contribution < -0.4 is 0 Å². The zero-order valence-corrected chi connectivity index (χ0v) is 20.7. The summed E-state index contributed by atoms with van der Waals surface area (Å²) in [5.41, 5.74) is 2.45. The normalized spacial score (nSPS) is 10.5. The highest BCUT2D eigenvalue weighted by molar-refractivity contribution is 5.85. The molecule has 0 heterocycles. The van der Waals surface area contributed by atoms with E-state index in [9.17, 15) is 24.6 Å². The molecule has 0 saturated heterocycles. The van der Waals surface area contributed by atoms with Gasteiger partial charge in [0.1, 0.15) is 11.5 Å². The van der Waals surface area contributed by atoms with Gasteiger partial charge >= 0.3 is 17.9 Å². The van der Waals surface area contributed by atoms with Gasteiger partial charge in [-0.15, -0.1) is 0 Å². The lowest BCUT2D eigenvalue weighted by Crippen LogP contribution is -2.22. The second-order valence-electron chi connectivity index (χ2n) is 7.93. The van der Waals surface area contributed by atoms with Crippen LogP contribution in [0.15, 0.2) is 72.8 Å². The van der Waals surface area contributed by atoms with Gasteiger partial charge in [0.15, 0.2) is 6.10 Å². The lowest BCUT2D eigenvalue weighted by molar-refractivity contribution is -0.148. The third-order valence-electron chi connectivity index (χ3n) is 4.37. The van der Waals surface area contributed by atoms with E-state index in [4.69, 9.17) is 25.5 Å². The van der Waals surface area contributed by atoms with E-state index in [1.807, 2.05) is 24.3 Å². The number of carbonyl (C=O) groups is 3. The Morgan fingerprint density at radius 1 is 0.750 bits per heavy atom. The minimum atomic E-state index is -1.63. The van der Waals surface area contributed by atoms with E-state index < -0.39 is 30.6 Å². The highest BCUT2D eigenvalue weighted by Crippen LogP contribution is 2.32. The van der Waals surface area contributed by atoms with E-state index in [2.05, 4.69) is 27.0 Å². The molecule has 0 aliphatic heterocycles. The van der Waals surface area contributed by atoms with Crippen LogP contribution in [0.3, 0.4) is 0 Å². The van der Waals surface area contributed by atoms with Gasteiger partial charge < -0.3 is 35.7 Å². The molecule has 0 fully saturated rings. The first kappa shape index (κ1) is 34.0. The van der Waals surface area contributed by atoms with Crippen molar-refractivity contribution in [3.05, 3.63) is 84.0 Å². The summed E-state index contributed by atoms with van der Waals surface area (Å²) in [6.07, 6.45) is -1.63. The van der Waals surface area contributed by atoms with E-state index in [0.29, 0.717) is 0 Å². The van der Waals surface area contributed by atoms with Crippen LogP contribution in [-0.2, 0) is 19.8 Å². The minimum absolute atomic E-state index is 0.151. The predicted octanol–water partition coefficient (Wildman–Crippen LogP) is 3.14. The quantitative estimate of drug-likeness (QED) is 0.286. The summed E-state index contributed by atoms with van der Waals surface area (Å²) in [5.74, 6) is -2.72. The van der Waals surface area contributed by atoms with Gasteiger partial charge in [0.25, 0.3) is 0 Å². The van der Waals surface area contributed by atoms with Crippen molar-refractivity contribution in [3.8, 4) is 11.5 Å². The van der Waals surface area contributed by atoms with Crippen LogP contribution in [0.2, 0.25) is 0 Å². The van der Waals surface area contributed by atoms with Crippen molar-refractivity contribution in [1.29, 1.82) is 0 Å². The van der Waals surface area contributed by atoms with Gasteiger partial charge in [-0.1, -0.05) is 51.3 Å². The zero-order valence-electron chi connectivity index (χ0n) is 20.7. The second kappa shape index (κ2) is 16.5. The third-order valence-corrected chi connectivity index (χ3v) is 4.37. The Morgan fingerprint density at radius 2 is 1.00 bits per heavy atom. The van der Waals surface area contributed by atoms with Gasteiger partial charge in [-0.25, -0.2) is 14.4 Å². The highest BCUT2D eigenvalue weighted by atomic mass is 16.4. The van der Waals surface area contributed by atoms with Crippen LogP contribution in [0, 0.1) is 0 Å². The number of carboxylic acid groups (broad SMARTS) is 3. The molecule has 0 amide bonds. The smallest absolute Gasteiger partial charge is 0.334 e. The van der Waals surface area contributed by atoms with Crippen LogP contribution in [0.4, 0.5) is 0 Å². The summed E-state index contributed by atoms with van der Waals surface area (Å²) in [4.78, 5) is 28.7. The Kier molecular flexibility index (Phi) is 15.6. The fourth-order valence-electron chi connectivity index (χ4n) is 2.00. The SMILES string of the molecule is C=C(C)C(=O)O.C=C(C)C(=O)O.CC(C)(c1ccc(O)cc1)c1ccc(O)cc1.O=C(O)C(O)CO. The van der Waals surface area contributed by atoms with E-state index >= 15 is 0 Å². The second-order valence-corrected chi connectivity index (χ2v) is 7.93. The number of hydrogen-bond donors (Lipinski definition) is 7. The van der Waals surface area contributed by atoms with Crippen molar-refractivity contribution in [2.24, 2.45) is 0 Å². The van der Waals surface area contributed by atoms with Crippen LogP contribution in [0.5, 0.6) is 11.5 Å². The van der Waals surface area contributed by atoms with Gasteiger partial charge in [0.05, 0.1) is 6.61 Å². The number of benzene rings is 2. The predicted molar refractivity (Wildman–Crippen MR) is 134 cm³/mol. The van der Waals surface area contributed by atoms with E-state index in [1.54, 1.807) is 24.3 Å². The van der Waals surface area contributed by atoms with E-state index in [1.165, 1.54) is 13.8 Å². The largest absolute Gasteiger partial charge is 0.508 e. The molecular weight excluding hydrogens is 472 g/mol. The number of rotatable bonds is 6. The molecular formula is C26H34O10. The summed E-state index contributed by atoms with van der Waals surface area (Å²) >= 11 is 0. The lowest BCUT2D eigenvalue weighted by atomic mass is 9.78. The number of aliphatic hydroxyl groups is 2. The van der Waals surface area contributed by atoms with Crippen molar-refractivity contribution in [1.82, 2.24) is 0 Å². The van der Waals surface area contributed by atoms with Crippen LogP contribution in [0.1, 0.15) is 38.8 Å². The molecule has 0 radical (unpaired) electrons. The fourth-order valence-corrected chi connectivity index (χ4v) is 2.00. The van der Waals surface area contributed by atoms with Crippen molar-refractivity contribution < 1.29 is 50.1 Å². The first-order valence-electron chi connectivity index (χ1n) is 10.4. The molecule has 2 rings (SSSR count). The summed E-state index contributed by atoms with van der Waals surface area (Å²) in [6.45, 7) is 12.7. The number of aliphatic carboxylic acids is 3. The van der Waals surface area contributed by atoms with Crippen LogP contribution in [0.25, 0.3) is 0 Å². The van der Waals surface area contributed by atoms with Crippen LogP contribution in [-0.4, -0.2) is 66.4 Å². The molecule has 0 aromatic heterocycles. The Bertz CT molecular complexity index is 911. The molecule has 2 aromatic rings. The maximum atomic E-state index is 9.60. The monoisotopic (exact) mass is 506 g/mol. The lowest BCUT2D eigenvalue weighted by Gasteiger charge is -2.26. The Morgan fingerprint density at radius 3 is 1.14 bits per heavy atom. The molecule has 10 nitrogen and oxygen atoms in total. The summed E-state index contributed by atoms with van der Waals surface area (Å²) < 4.78 is 0. The first-order chi connectivity index (χ1) is 16.5. The number of carboxylic acids is 3. The van der Waals surface area contributed by atoms with Gasteiger partial charge in [0, 0.05) is 16.6 Å². The molecule has 10 heteroatoms. The molecule has 7 N–H and O–H groups in total. The van der Waals surface area contributed by atoms with Gasteiger partial charge in [-0.3, -0.25) is 0 Å². The maximum absolute atomic E-state index is 9.60. The van der Waals surface area contributed by atoms with E-state index in [-0.39, 0.29) is 28.1 Å². The fraction of sp³-hybridized carbons (Fsp3) is 0.269. The van der Waals surface area contributed by atoms with E-state index in [0.717, 1.165) is 11.1 Å². The molecule has 0 aliphatic rings. The summed E-state index contributed by atoms with van der Waals surface area (Å²) in [5, 5.41) is 58.1. The molecule has 0 spiro atoms. The molecule has 0 saturated carbocycles. The topological polar surface area (TPSA) is 193 Å². The Labute approximate surface area is 209 Å². The van der Waals surface area contributed by atoms with Gasteiger partial charge in [0.2, 0.25) is 0 Å². The minimum Gasteiger partial charge on any atom is -0.508 e. The van der Waals surface area contributed by atoms with Crippen molar-refractivity contribution in [3.63, 3.8) is 0 Å². The first-order valence-corrected chi connectivity index (χ1v) is 10.4. The molecule has 1 unspecified atom stereocenters.